The Balaban J connectivity index is 2.51. The summed E-state index contributed by atoms with van der Waals surface area (Å²) in [7, 11) is 0. The molecule has 0 radical (unpaired) electrons. The number of hydrogen-bond acceptors (Lipinski definition) is 4. The van der Waals surface area contributed by atoms with Gasteiger partial charge < -0.3 is 20.5 Å². The zero-order valence-corrected chi connectivity index (χ0v) is 11.7. The first-order valence-corrected chi connectivity index (χ1v) is 6.33. The number of aromatic nitrogens is 1. The molecule has 0 aliphatic heterocycles. The van der Waals surface area contributed by atoms with Crippen molar-refractivity contribution < 1.29 is 19.4 Å². The molecule has 0 spiro atoms. The molecule has 0 aromatic carbocycles. The molecule has 1 rings (SSSR count). The monoisotopic (exact) mass is 281 g/mol. The van der Waals surface area contributed by atoms with E-state index in [4.69, 9.17) is 9.84 Å². The number of nitrogens with zero attached hydrogens (tertiary/aromatic N) is 1. The highest BCUT2D eigenvalue weighted by Crippen LogP contribution is 2.11. The summed E-state index contributed by atoms with van der Waals surface area (Å²) < 4.78 is 5.18. The van der Waals surface area contributed by atoms with Crippen LogP contribution in [-0.2, 0) is 4.79 Å². The predicted octanol–water partition coefficient (Wildman–Crippen LogP) is 1.71. The number of carbonyl (C=O) groups is 2. The highest BCUT2D eigenvalue weighted by Gasteiger charge is 2.20. The number of aliphatic carboxylic acids is 1. The van der Waals surface area contributed by atoms with Crippen molar-refractivity contribution >= 4 is 17.7 Å². The van der Waals surface area contributed by atoms with Gasteiger partial charge in [0.15, 0.2) is 0 Å². The van der Waals surface area contributed by atoms with E-state index in [2.05, 4.69) is 15.6 Å². The van der Waals surface area contributed by atoms with Crippen molar-refractivity contribution in [1.82, 2.24) is 10.3 Å². The van der Waals surface area contributed by atoms with E-state index in [0.717, 1.165) is 0 Å². The number of nitrogens with one attached hydrogen (secondary N) is 2. The van der Waals surface area contributed by atoms with Gasteiger partial charge in [0.1, 0.15) is 0 Å². The summed E-state index contributed by atoms with van der Waals surface area (Å²) in [5.74, 6) is -1.15. The van der Waals surface area contributed by atoms with Crippen LogP contribution < -0.4 is 15.4 Å². The van der Waals surface area contributed by atoms with Crippen molar-refractivity contribution in [1.29, 1.82) is 0 Å². The summed E-state index contributed by atoms with van der Waals surface area (Å²) in [6, 6.07) is 2.34. The highest BCUT2D eigenvalue weighted by atomic mass is 16.5. The smallest absolute Gasteiger partial charge is 0.319 e. The number of urea groups is 1. The number of ether oxygens (including phenoxy) is 1. The van der Waals surface area contributed by atoms with Crippen molar-refractivity contribution in [3.8, 4) is 5.88 Å². The van der Waals surface area contributed by atoms with Gasteiger partial charge in [-0.15, -0.1) is 0 Å². The Morgan fingerprint density at radius 1 is 1.40 bits per heavy atom. The maximum atomic E-state index is 11.7. The number of hydrogen-bond donors (Lipinski definition) is 3. The molecule has 0 saturated carbocycles. The molecule has 20 heavy (non-hydrogen) atoms. The third kappa shape index (κ3) is 4.75. The fourth-order valence-electron chi connectivity index (χ4n) is 1.40. The maximum Gasteiger partial charge on any atom is 0.319 e. The van der Waals surface area contributed by atoms with E-state index in [-0.39, 0.29) is 0 Å². The van der Waals surface area contributed by atoms with E-state index in [9.17, 15) is 9.59 Å². The Morgan fingerprint density at radius 3 is 2.60 bits per heavy atom. The van der Waals surface area contributed by atoms with Gasteiger partial charge >= 0.3 is 12.0 Å². The van der Waals surface area contributed by atoms with E-state index < -0.39 is 24.0 Å². The van der Waals surface area contributed by atoms with E-state index in [1.807, 2.05) is 6.92 Å². The molecule has 7 nitrogen and oxygen atoms in total. The lowest BCUT2D eigenvalue weighted by molar-refractivity contribution is -0.141. The Morgan fingerprint density at radius 2 is 2.10 bits per heavy atom. The normalized spacial score (nSPS) is 13.2. The Kier molecular flexibility index (Phi) is 5.76. The van der Waals surface area contributed by atoms with Gasteiger partial charge in [0, 0.05) is 12.1 Å². The van der Waals surface area contributed by atoms with E-state index >= 15 is 0 Å². The molecule has 110 valence electrons. The fraction of sp³-hybridized carbons (Fsp3) is 0.462. The van der Waals surface area contributed by atoms with Gasteiger partial charge in [-0.25, -0.2) is 9.78 Å². The third-order valence-electron chi connectivity index (χ3n) is 2.78. The lowest BCUT2D eigenvalue weighted by Gasteiger charge is -2.18. The van der Waals surface area contributed by atoms with Crippen LogP contribution in [0.5, 0.6) is 5.88 Å². The molecular weight excluding hydrogens is 262 g/mol. The summed E-state index contributed by atoms with van der Waals surface area (Å²) in [4.78, 5) is 26.5. The van der Waals surface area contributed by atoms with Gasteiger partial charge in [-0.2, -0.15) is 0 Å². The molecule has 0 fully saturated rings. The number of pyridine rings is 1. The van der Waals surface area contributed by atoms with Crippen molar-refractivity contribution in [3.05, 3.63) is 18.3 Å². The molecule has 0 saturated heterocycles. The molecule has 2 atom stereocenters. The fourth-order valence-corrected chi connectivity index (χ4v) is 1.40. The van der Waals surface area contributed by atoms with Crippen LogP contribution in [0.2, 0.25) is 0 Å². The molecule has 0 aliphatic rings. The second-order valence-corrected chi connectivity index (χ2v) is 4.33. The van der Waals surface area contributed by atoms with E-state index in [1.165, 1.54) is 13.1 Å². The van der Waals surface area contributed by atoms with E-state index in [1.54, 1.807) is 19.1 Å². The SMILES string of the molecule is CCOc1ccc(NC(=O)NC(C)C(C)C(=O)O)cn1. The molecular formula is C13H19N3O4. The summed E-state index contributed by atoms with van der Waals surface area (Å²) in [5, 5.41) is 14.0. The molecule has 1 aromatic rings. The zero-order chi connectivity index (χ0) is 15.1. The van der Waals surface area contributed by atoms with Gasteiger partial charge in [0.05, 0.1) is 24.4 Å². The number of carboxylic acids is 1. The first kappa shape index (κ1) is 15.7. The lowest BCUT2D eigenvalue weighted by Crippen LogP contribution is -2.42. The Hall–Kier alpha value is -2.31. The molecule has 3 N–H and O–H groups in total. The van der Waals surface area contributed by atoms with Gasteiger partial charge in [-0.1, -0.05) is 0 Å². The van der Waals surface area contributed by atoms with Crippen molar-refractivity contribution in [2.75, 3.05) is 11.9 Å². The molecule has 7 heteroatoms. The second kappa shape index (κ2) is 7.32. The van der Waals surface area contributed by atoms with Crippen LogP contribution in [0.15, 0.2) is 18.3 Å². The van der Waals surface area contributed by atoms with Crippen molar-refractivity contribution in [2.45, 2.75) is 26.8 Å². The van der Waals surface area contributed by atoms with Gasteiger partial charge in [0.25, 0.3) is 0 Å². The van der Waals surface area contributed by atoms with Crippen LogP contribution in [0.1, 0.15) is 20.8 Å². The van der Waals surface area contributed by atoms with Crippen molar-refractivity contribution in [2.24, 2.45) is 5.92 Å². The minimum absolute atomic E-state index is 0.475. The topological polar surface area (TPSA) is 101 Å². The average molecular weight is 281 g/mol. The van der Waals surface area contributed by atoms with Crippen LogP contribution in [0.25, 0.3) is 0 Å². The third-order valence-corrected chi connectivity index (χ3v) is 2.78. The molecule has 2 unspecified atom stereocenters. The van der Waals surface area contributed by atoms with Crippen LogP contribution >= 0.6 is 0 Å². The minimum atomic E-state index is -0.958. The standard InChI is InChI=1S/C13H19N3O4/c1-4-20-11-6-5-10(7-14-11)16-13(19)15-9(3)8(2)12(17)18/h5-9H,4H2,1-3H3,(H,17,18)(H2,15,16,19). The summed E-state index contributed by atoms with van der Waals surface area (Å²) >= 11 is 0. The lowest BCUT2D eigenvalue weighted by atomic mass is 10.0. The summed E-state index contributed by atoms with van der Waals surface area (Å²) in [6.07, 6.45) is 1.47. The predicted molar refractivity (Wildman–Crippen MR) is 73.8 cm³/mol. The first-order valence-electron chi connectivity index (χ1n) is 6.33. The van der Waals surface area contributed by atoms with Crippen LogP contribution in [0, 0.1) is 5.92 Å². The Bertz CT molecular complexity index is 461. The Labute approximate surface area is 117 Å². The molecule has 1 aromatic heterocycles. The molecule has 2 amide bonds. The first-order chi connectivity index (χ1) is 9.43. The number of anilines is 1. The summed E-state index contributed by atoms with van der Waals surface area (Å²) in [6.45, 7) is 5.54. The van der Waals surface area contributed by atoms with Gasteiger partial charge in [-0.3, -0.25) is 4.79 Å². The van der Waals surface area contributed by atoms with Crippen molar-refractivity contribution in [3.63, 3.8) is 0 Å². The largest absolute Gasteiger partial charge is 0.481 e. The van der Waals surface area contributed by atoms with Gasteiger partial charge in [0.2, 0.25) is 5.88 Å². The average Bonchev–Trinajstić information content (AvgIpc) is 2.40. The highest BCUT2D eigenvalue weighted by molar-refractivity contribution is 5.89. The van der Waals surface area contributed by atoms with Crippen LogP contribution in [0.4, 0.5) is 10.5 Å². The number of amides is 2. The number of carbonyl (C=O) groups excluding carboxylic acids is 1. The van der Waals surface area contributed by atoms with Crippen LogP contribution in [0.3, 0.4) is 0 Å². The summed E-state index contributed by atoms with van der Waals surface area (Å²) in [5.41, 5.74) is 0.501. The molecule has 0 aliphatic carbocycles. The maximum absolute atomic E-state index is 11.7. The quantitative estimate of drug-likeness (QED) is 0.737. The molecule has 1 heterocycles. The van der Waals surface area contributed by atoms with Crippen LogP contribution in [-0.4, -0.2) is 34.7 Å². The second-order valence-electron chi connectivity index (χ2n) is 4.33. The minimum Gasteiger partial charge on any atom is -0.481 e. The zero-order valence-electron chi connectivity index (χ0n) is 11.7. The molecule has 0 bridgehead atoms. The number of rotatable bonds is 6. The number of carboxylic acid groups (broad SMARTS) is 1. The van der Waals surface area contributed by atoms with Gasteiger partial charge in [-0.05, 0) is 26.8 Å². The van der Waals surface area contributed by atoms with E-state index in [0.29, 0.717) is 18.2 Å².